The third kappa shape index (κ3) is 4.04. The average Bonchev–Trinajstić information content (AvgIpc) is 2.45. The summed E-state index contributed by atoms with van der Waals surface area (Å²) in [6, 6.07) is 6.65. The molecule has 0 bridgehead atoms. The maximum Gasteiger partial charge on any atom is 0.410 e. The number of aliphatic hydroxyl groups excluding tert-OH is 1. The number of hydrogen-bond donors (Lipinski definition) is 2. The topological polar surface area (TPSA) is 73.2 Å². The van der Waals surface area contributed by atoms with E-state index in [0.717, 1.165) is 5.69 Å². The molecule has 1 fully saturated rings. The molecule has 1 unspecified atom stereocenters. The van der Waals surface area contributed by atoms with Gasteiger partial charge in [0.25, 0.3) is 0 Å². The second-order valence-corrected chi connectivity index (χ2v) is 6.47. The number of aliphatic hydroxyl groups is 1. The molecule has 1 aliphatic heterocycles. The number of aromatic hydroxyl groups is 1. The molecule has 1 saturated heterocycles. The number of piperazine rings is 1. The van der Waals surface area contributed by atoms with Crippen LogP contribution in [0.3, 0.4) is 0 Å². The number of phenols is 1. The molecule has 0 aromatic heterocycles. The third-order valence-electron chi connectivity index (χ3n) is 3.53. The van der Waals surface area contributed by atoms with Crippen molar-refractivity contribution in [3.63, 3.8) is 0 Å². The number of phenolic OH excluding ortho intramolecular Hbond substituents is 1. The third-order valence-corrected chi connectivity index (χ3v) is 3.53. The summed E-state index contributed by atoms with van der Waals surface area (Å²) in [5, 5.41) is 19.0. The molecular formula is C16H24N2O4. The Labute approximate surface area is 130 Å². The first-order chi connectivity index (χ1) is 10.3. The summed E-state index contributed by atoms with van der Waals surface area (Å²) in [5.41, 5.74) is 0.389. The van der Waals surface area contributed by atoms with E-state index in [2.05, 4.69) is 0 Å². The van der Waals surface area contributed by atoms with Crippen LogP contribution in [0.15, 0.2) is 24.3 Å². The van der Waals surface area contributed by atoms with Crippen molar-refractivity contribution in [2.75, 3.05) is 31.1 Å². The van der Waals surface area contributed by atoms with E-state index < -0.39 is 5.60 Å². The van der Waals surface area contributed by atoms with Crippen LogP contribution < -0.4 is 4.90 Å². The number of nitrogens with zero attached hydrogens (tertiary/aromatic N) is 2. The van der Waals surface area contributed by atoms with E-state index in [0.29, 0.717) is 19.6 Å². The van der Waals surface area contributed by atoms with Gasteiger partial charge in [-0.1, -0.05) is 0 Å². The fourth-order valence-corrected chi connectivity index (χ4v) is 2.49. The summed E-state index contributed by atoms with van der Waals surface area (Å²) in [6.45, 7) is 7.00. The largest absolute Gasteiger partial charge is 0.508 e. The Balaban J connectivity index is 2.05. The van der Waals surface area contributed by atoms with Gasteiger partial charge in [0.2, 0.25) is 0 Å². The second-order valence-electron chi connectivity index (χ2n) is 6.47. The quantitative estimate of drug-likeness (QED) is 0.872. The van der Waals surface area contributed by atoms with Crippen LogP contribution in [-0.2, 0) is 4.74 Å². The SMILES string of the molecule is CC(C)(C)OC(=O)N1CCN(c2ccc(O)cc2)C(CO)C1. The van der Waals surface area contributed by atoms with Gasteiger partial charge in [0.05, 0.1) is 12.6 Å². The number of carbonyl (C=O) groups excluding carboxylic acids is 1. The van der Waals surface area contributed by atoms with Crippen molar-refractivity contribution in [1.29, 1.82) is 0 Å². The Morgan fingerprint density at radius 2 is 1.91 bits per heavy atom. The molecule has 0 radical (unpaired) electrons. The average molecular weight is 308 g/mol. The van der Waals surface area contributed by atoms with Gasteiger partial charge in [0.15, 0.2) is 0 Å². The van der Waals surface area contributed by atoms with E-state index in [9.17, 15) is 15.0 Å². The van der Waals surface area contributed by atoms with E-state index >= 15 is 0 Å². The van der Waals surface area contributed by atoms with Gasteiger partial charge in [-0.05, 0) is 45.0 Å². The highest BCUT2D eigenvalue weighted by Crippen LogP contribution is 2.23. The molecule has 22 heavy (non-hydrogen) atoms. The minimum atomic E-state index is -0.528. The van der Waals surface area contributed by atoms with Crippen LogP contribution in [0.25, 0.3) is 0 Å². The summed E-state index contributed by atoms with van der Waals surface area (Å²) in [6.07, 6.45) is -0.351. The number of ether oxygens (including phenoxy) is 1. The van der Waals surface area contributed by atoms with Crippen LogP contribution in [0.4, 0.5) is 10.5 Å². The fraction of sp³-hybridized carbons (Fsp3) is 0.562. The van der Waals surface area contributed by atoms with Gasteiger partial charge in [-0.15, -0.1) is 0 Å². The standard InChI is InChI=1S/C16H24N2O4/c1-16(2,3)22-15(21)17-8-9-18(13(10-17)11-19)12-4-6-14(20)7-5-12/h4-7,13,19-20H,8-11H2,1-3H3. The number of amides is 1. The molecule has 0 spiro atoms. The minimum absolute atomic E-state index is 0.0554. The molecular weight excluding hydrogens is 284 g/mol. The molecule has 6 heteroatoms. The van der Waals surface area contributed by atoms with Crippen molar-refractivity contribution in [2.45, 2.75) is 32.4 Å². The number of benzene rings is 1. The highest BCUT2D eigenvalue weighted by molar-refractivity contribution is 5.69. The Hall–Kier alpha value is -1.95. The highest BCUT2D eigenvalue weighted by Gasteiger charge is 2.31. The summed E-state index contributed by atoms with van der Waals surface area (Å²) in [7, 11) is 0. The Kier molecular flexibility index (Phi) is 4.81. The molecule has 0 aliphatic carbocycles. The van der Waals surface area contributed by atoms with Crippen molar-refractivity contribution < 1.29 is 19.7 Å². The van der Waals surface area contributed by atoms with Crippen molar-refractivity contribution in [1.82, 2.24) is 4.90 Å². The molecule has 0 saturated carbocycles. The first-order valence-corrected chi connectivity index (χ1v) is 7.44. The predicted molar refractivity (Wildman–Crippen MR) is 84.1 cm³/mol. The first-order valence-electron chi connectivity index (χ1n) is 7.44. The van der Waals surface area contributed by atoms with Gasteiger partial charge in [-0.2, -0.15) is 0 Å². The summed E-state index contributed by atoms with van der Waals surface area (Å²) in [4.78, 5) is 15.8. The maximum absolute atomic E-state index is 12.1. The summed E-state index contributed by atoms with van der Waals surface area (Å²) >= 11 is 0. The van der Waals surface area contributed by atoms with Crippen LogP contribution >= 0.6 is 0 Å². The molecule has 1 aromatic rings. The number of rotatable bonds is 2. The van der Waals surface area contributed by atoms with Gasteiger partial charge >= 0.3 is 6.09 Å². The monoisotopic (exact) mass is 308 g/mol. The Morgan fingerprint density at radius 3 is 2.45 bits per heavy atom. The number of carbonyl (C=O) groups is 1. The molecule has 1 atom stereocenters. The Bertz CT molecular complexity index is 510. The molecule has 1 amide bonds. The number of hydrogen-bond acceptors (Lipinski definition) is 5. The molecule has 2 N–H and O–H groups in total. The summed E-state index contributed by atoms with van der Waals surface area (Å²) in [5.74, 6) is 0.205. The van der Waals surface area contributed by atoms with Gasteiger partial charge in [0, 0.05) is 25.3 Å². The zero-order valence-corrected chi connectivity index (χ0v) is 13.3. The Morgan fingerprint density at radius 1 is 1.27 bits per heavy atom. The van der Waals surface area contributed by atoms with Crippen LogP contribution in [0.2, 0.25) is 0 Å². The molecule has 1 aliphatic rings. The zero-order valence-electron chi connectivity index (χ0n) is 13.3. The van der Waals surface area contributed by atoms with E-state index in [1.165, 1.54) is 0 Å². The number of anilines is 1. The van der Waals surface area contributed by atoms with Crippen molar-refractivity contribution in [2.24, 2.45) is 0 Å². The van der Waals surface area contributed by atoms with Gasteiger partial charge < -0.3 is 24.7 Å². The van der Waals surface area contributed by atoms with E-state index in [1.54, 1.807) is 29.2 Å². The second kappa shape index (κ2) is 6.44. The minimum Gasteiger partial charge on any atom is -0.508 e. The van der Waals surface area contributed by atoms with Gasteiger partial charge in [0.1, 0.15) is 11.4 Å². The summed E-state index contributed by atoms with van der Waals surface area (Å²) < 4.78 is 5.38. The first kappa shape index (κ1) is 16.4. The van der Waals surface area contributed by atoms with Crippen LogP contribution in [0.5, 0.6) is 5.75 Å². The van der Waals surface area contributed by atoms with E-state index in [-0.39, 0.29) is 24.5 Å². The molecule has 1 heterocycles. The van der Waals surface area contributed by atoms with E-state index in [1.807, 2.05) is 25.7 Å². The van der Waals surface area contributed by atoms with Gasteiger partial charge in [-0.25, -0.2) is 4.79 Å². The van der Waals surface area contributed by atoms with Crippen LogP contribution in [0, 0.1) is 0 Å². The molecule has 122 valence electrons. The van der Waals surface area contributed by atoms with Crippen LogP contribution in [0.1, 0.15) is 20.8 Å². The fourth-order valence-electron chi connectivity index (χ4n) is 2.49. The normalized spacial score (nSPS) is 19.2. The van der Waals surface area contributed by atoms with Crippen molar-refractivity contribution >= 4 is 11.8 Å². The highest BCUT2D eigenvalue weighted by atomic mass is 16.6. The van der Waals surface area contributed by atoms with Crippen molar-refractivity contribution in [3.05, 3.63) is 24.3 Å². The van der Waals surface area contributed by atoms with E-state index in [4.69, 9.17) is 4.74 Å². The zero-order chi connectivity index (χ0) is 16.3. The maximum atomic E-state index is 12.1. The van der Waals surface area contributed by atoms with Gasteiger partial charge in [-0.3, -0.25) is 0 Å². The molecule has 6 nitrogen and oxygen atoms in total. The molecule has 1 aromatic carbocycles. The lowest BCUT2D eigenvalue weighted by Crippen LogP contribution is -2.57. The predicted octanol–water partition coefficient (Wildman–Crippen LogP) is 1.81. The van der Waals surface area contributed by atoms with Crippen LogP contribution in [-0.4, -0.2) is 59.1 Å². The molecule has 2 rings (SSSR count). The smallest absolute Gasteiger partial charge is 0.410 e. The lowest BCUT2D eigenvalue weighted by atomic mass is 10.1. The lowest BCUT2D eigenvalue weighted by molar-refractivity contribution is 0.0197. The van der Waals surface area contributed by atoms with Crippen molar-refractivity contribution in [3.8, 4) is 5.75 Å². The lowest BCUT2D eigenvalue weighted by Gasteiger charge is -2.42.